The van der Waals surface area contributed by atoms with Gasteiger partial charge >= 0.3 is 5.97 Å². The molecule has 118 valence electrons. The minimum Gasteiger partial charge on any atom is -0.508 e. The molecule has 0 saturated heterocycles. The maximum atomic E-state index is 11.8. The van der Waals surface area contributed by atoms with Crippen LogP contribution in [0.4, 0.5) is 0 Å². The number of carbonyl (C=O) groups excluding carboxylic acids is 1. The molecule has 1 atom stereocenters. The van der Waals surface area contributed by atoms with E-state index in [4.69, 9.17) is 0 Å². The van der Waals surface area contributed by atoms with Crippen LogP contribution in [0.15, 0.2) is 24.3 Å². The van der Waals surface area contributed by atoms with Gasteiger partial charge in [-0.25, -0.2) is 4.79 Å². The smallest absolute Gasteiger partial charge is 0.326 e. The zero-order valence-corrected chi connectivity index (χ0v) is 13.0. The zero-order valence-electron chi connectivity index (χ0n) is 13.0. The van der Waals surface area contributed by atoms with E-state index in [1.165, 1.54) is 12.1 Å². The summed E-state index contributed by atoms with van der Waals surface area (Å²) in [5, 5.41) is 20.9. The number of benzene rings is 1. The molecule has 0 heterocycles. The molecule has 0 aliphatic rings. The van der Waals surface area contributed by atoms with Crippen molar-refractivity contribution in [1.82, 2.24) is 5.32 Å². The van der Waals surface area contributed by atoms with Gasteiger partial charge in [0.15, 0.2) is 0 Å². The number of aromatic hydroxyl groups is 1. The highest BCUT2D eigenvalue weighted by atomic mass is 16.4. The van der Waals surface area contributed by atoms with Crippen LogP contribution in [-0.2, 0) is 16.0 Å². The van der Waals surface area contributed by atoms with E-state index < -0.39 is 17.9 Å². The van der Waals surface area contributed by atoms with Gasteiger partial charge in [-0.2, -0.15) is 0 Å². The molecule has 1 unspecified atom stereocenters. The van der Waals surface area contributed by atoms with E-state index in [2.05, 4.69) is 17.2 Å². The van der Waals surface area contributed by atoms with Gasteiger partial charge < -0.3 is 15.5 Å². The van der Waals surface area contributed by atoms with Gasteiger partial charge in [-0.3, -0.25) is 4.79 Å². The zero-order chi connectivity index (χ0) is 16.8. The van der Waals surface area contributed by atoms with Crippen LogP contribution in [-0.4, -0.2) is 28.1 Å². The number of aliphatic carboxylic acids is 1. The first-order valence-corrected chi connectivity index (χ1v) is 6.97. The van der Waals surface area contributed by atoms with Crippen molar-refractivity contribution < 1.29 is 19.8 Å². The van der Waals surface area contributed by atoms with Crippen LogP contribution in [0, 0.1) is 17.3 Å². The van der Waals surface area contributed by atoms with Gasteiger partial charge in [0.25, 0.3) is 0 Å². The SMILES string of the molecule is CC(C)(C)C#CCC(=O)NC(Cc1ccc(O)cc1)C(=O)O. The summed E-state index contributed by atoms with van der Waals surface area (Å²) in [4.78, 5) is 23.0. The maximum absolute atomic E-state index is 11.8. The average Bonchev–Trinajstić information content (AvgIpc) is 2.38. The lowest BCUT2D eigenvalue weighted by atomic mass is 9.98. The lowest BCUT2D eigenvalue weighted by Crippen LogP contribution is -2.42. The molecule has 0 spiro atoms. The van der Waals surface area contributed by atoms with Crippen LogP contribution in [0.1, 0.15) is 32.8 Å². The van der Waals surface area contributed by atoms with E-state index in [1.807, 2.05) is 20.8 Å². The highest BCUT2D eigenvalue weighted by molar-refractivity contribution is 5.85. The Morgan fingerprint density at radius 1 is 1.23 bits per heavy atom. The van der Waals surface area contributed by atoms with Crippen LogP contribution >= 0.6 is 0 Å². The topological polar surface area (TPSA) is 86.6 Å². The van der Waals surface area contributed by atoms with Crippen LogP contribution in [0.2, 0.25) is 0 Å². The lowest BCUT2D eigenvalue weighted by Gasteiger charge is -2.14. The van der Waals surface area contributed by atoms with Crippen LogP contribution in [0.5, 0.6) is 5.75 Å². The Bertz CT molecular complexity index is 588. The number of amides is 1. The minimum absolute atomic E-state index is 0.0311. The van der Waals surface area contributed by atoms with Crippen LogP contribution in [0.25, 0.3) is 0 Å². The Hall–Kier alpha value is -2.48. The number of phenolic OH excluding ortho intramolecular Hbond substituents is 1. The Balaban J connectivity index is 2.64. The van der Waals surface area contributed by atoms with E-state index >= 15 is 0 Å². The van der Waals surface area contributed by atoms with E-state index in [-0.39, 0.29) is 24.0 Å². The van der Waals surface area contributed by atoms with Crippen molar-refractivity contribution in [2.24, 2.45) is 5.41 Å². The second-order valence-electron chi connectivity index (χ2n) is 6.06. The second-order valence-corrected chi connectivity index (χ2v) is 6.06. The fourth-order valence-electron chi connectivity index (χ4n) is 1.70. The number of hydrogen-bond donors (Lipinski definition) is 3. The standard InChI is InChI=1S/C17H21NO4/c1-17(2,3)10-4-5-15(20)18-14(16(21)22)11-12-6-8-13(19)9-7-12/h6-9,14,19H,5,11H2,1-3H3,(H,18,20)(H,21,22). The minimum atomic E-state index is -1.11. The summed E-state index contributed by atoms with van der Waals surface area (Å²) in [6.07, 6.45) is 0.116. The fourth-order valence-corrected chi connectivity index (χ4v) is 1.70. The van der Waals surface area contributed by atoms with E-state index in [9.17, 15) is 19.8 Å². The molecule has 0 fully saturated rings. The molecule has 1 rings (SSSR count). The number of hydrogen-bond acceptors (Lipinski definition) is 3. The summed E-state index contributed by atoms with van der Waals surface area (Å²) in [5.41, 5.74) is 0.518. The van der Waals surface area contributed by atoms with Crippen molar-refractivity contribution >= 4 is 11.9 Å². The molecule has 1 amide bonds. The molecule has 0 bridgehead atoms. The van der Waals surface area contributed by atoms with Gasteiger partial charge in [-0.15, -0.1) is 0 Å². The van der Waals surface area contributed by atoms with Gasteiger partial charge in [0, 0.05) is 11.8 Å². The van der Waals surface area contributed by atoms with Crippen molar-refractivity contribution in [3.8, 4) is 17.6 Å². The molecule has 0 aromatic heterocycles. The number of carbonyl (C=O) groups is 2. The monoisotopic (exact) mass is 303 g/mol. The van der Waals surface area contributed by atoms with Crippen LogP contribution < -0.4 is 5.32 Å². The Morgan fingerprint density at radius 2 is 1.82 bits per heavy atom. The van der Waals surface area contributed by atoms with Crippen molar-refractivity contribution in [3.05, 3.63) is 29.8 Å². The van der Waals surface area contributed by atoms with E-state index in [0.717, 1.165) is 0 Å². The summed E-state index contributed by atoms with van der Waals surface area (Å²) in [6.45, 7) is 5.80. The molecule has 0 aliphatic carbocycles. The molecular weight excluding hydrogens is 282 g/mol. The van der Waals surface area contributed by atoms with Gasteiger partial charge in [0.1, 0.15) is 11.8 Å². The lowest BCUT2D eigenvalue weighted by molar-refractivity contribution is -0.141. The molecule has 22 heavy (non-hydrogen) atoms. The van der Waals surface area contributed by atoms with Crippen molar-refractivity contribution in [2.45, 2.75) is 39.7 Å². The van der Waals surface area contributed by atoms with Crippen molar-refractivity contribution in [3.63, 3.8) is 0 Å². The molecule has 1 aromatic rings. The summed E-state index contributed by atoms with van der Waals surface area (Å²) in [6, 6.07) is 5.18. The average molecular weight is 303 g/mol. The molecule has 5 heteroatoms. The maximum Gasteiger partial charge on any atom is 0.326 e. The molecule has 0 saturated carbocycles. The Labute approximate surface area is 130 Å². The first kappa shape index (κ1) is 17.6. The normalized spacial score (nSPS) is 12.0. The Morgan fingerprint density at radius 3 is 2.32 bits per heavy atom. The molecular formula is C17H21NO4. The first-order valence-electron chi connectivity index (χ1n) is 6.97. The number of rotatable bonds is 5. The predicted molar refractivity (Wildman–Crippen MR) is 83.2 cm³/mol. The first-order chi connectivity index (χ1) is 10.2. The van der Waals surface area contributed by atoms with E-state index in [0.29, 0.717) is 5.56 Å². The molecule has 1 aromatic carbocycles. The predicted octanol–water partition coefficient (Wildman–Crippen LogP) is 1.94. The van der Waals surface area contributed by atoms with Gasteiger partial charge in [-0.05, 0) is 38.5 Å². The highest BCUT2D eigenvalue weighted by Crippen LogP contribution is 2.12. The van der Waals surface area contributed by atoms with E-state index in [1.54, 1.807) is 12.1 Å². The molecule has 0 aliphatic heterocycles. The van der Waals surface area contributed by atoms with Crippen molar-refractivity contribution in [1.29, 1.82) is 0 Å². The summed E-state index contributed by atoms with van der Waals surface area (Å²) in [7, 11) is 0. The third-order valence-corrected chi connectivity index (χ3v) is 2.72. The summed E-state index contributed by atoms with van der Waals surface area (Å²) >= 11 is 0. The molecule has 0 radical (unpaired) electrons. The third-order valence-electron chi connectivity index (χ3n) is 2.72. The quantitative estimate of drug-likeness (QED) is 0.726. The Kier molecular flexibility index (Phi) is 6.00. The van der Waals surface area contributed by atoms with Gasteiger partial charge in [0.05, 0.1) is 6.42 Å². The van der Waals surface area contributed by atoms with Crippen molar-refractivity contribution in [2.75, 3.05) is 0 Å². The molecule has 3 N–H and O–H groups in total. The summed E-state index contributed by atoms with van der Waals surface area (Å²) in [5.74, 6) is 4.27. The number of phenols is 1. The number of carboxylic acid groups (broad SMARTS) is 1. The molecule has 5 nitrogen and oxygen atoms in total. The van der Waals surface area contributed by atoms with Crippen LogP contribution in [0.3, 0.4) is 0 Å². The highest BCUT2D eigenvalue weighted by Gasteiger charge is 2.20. The second kappa shape index (κ2) is 7.51. The largest absolute Gasteiger partial charge is 0.508 e. The van der Waals surface area contributed by atoms with Gasteiger partial charge in [0.2, 0.25) is 5.91 Å². The third kappa shape index (κ3) is 6.80. The number of carboxylic acids is 1. The fraction of sp³-hybridized carbons (Fsp3) is 0.412. The summed E-state index contributed by atoms with van der Waals surface area (Å²) < 4.78 is 0. The number of nitrogens with one attached hydrogen (secondary N) is 1. The van der Waals surface area contributed by atoms with Gasteiger partial charge in [-0.1, -0.05) is 24.0 Å².